The van der Waals surface area contributed by atoms with E-state index in [1.54, 1.807) is 0 Å². The quantitative estimate of drug-likeness (QED) is 0.194. The highest BCUT2D eigenvalue weighted by atomic mass is 15.1. The topological polar surface area (TPSA) is 22.8 Å². The lowest BCUT2D eigenvalue weighted by molar-refractivity contribution is 0.746. The zero-order valence-corrected chi connectivity index (χ0v) is 25.4. The first-order valence-electron chi connectivity index (χ1n) is 16.2. The Balaban J connectivity index is 1.24. The van der Waals surface area contributed by atoms with Crippen LogP contribution in [0.4, 0.5) is 0 Å². The van der Waals surface area contributed by atoms with E-state index in [0.717, 1.165) is 22.6 Å². The van der Waals surface area contributed by atoms with Crippen LogP contribution in [0.2, 0.25) is 0 Å². The van der Waals surface area contributed by atoms with E-state index in [1.807, 2.05) is 0 Å². The summed E-state index contributed by atoms with van der Waals surface area (Å²) in [6.07, 6.45) is 0. The molecule has 0 N–H and O–H groups in total. The van der Waals surface area contributed by atoms with Crippen LogP contribution < -0.4 is 0 Å². The Morgan fingerprint density at radius 2 is 1.09 bits per heavy atom. The molecule has 2 aromatic heterocycles. The summed E-state index contributed by atoms with van der Waals surface area (Å²) in [5.74, 6) is 0.966. The fourth-order valence-electron chi connectivity index (χ4n) is 8.77. The monoisotopic (exact) mass is 597 g/mol. The largest absolute Gasteiger partial charge is 0.309 e. The number of rotatable bonds is 2. The lowest BCUT2D eigenvalue weighted by Crippen LogP contribution is -2.33. The highest BCUT2D eigenvalue weighted by molar-refractivity contribution is 6.10. The van der Waals surface area contributed by atoms with Gasteiger partial charge in [0.25, 0.3) is 0 Å². The first-order valence-corrected chi connectivity index (χ1v) is 16.2. The Morgan fingerprint density at radius 3 is 1.89 bits per heavy atom. The molecule has 3 heterocycles. The molecule has 3 heteroatoms. The van der Waals surface area contributed by atoms with Crippen molar-refractivity contribution >= 4 is 32.8 Å². The van der Waals surface area contributed by atoms with Gasteiger partial charge in [-0.2, -0.15) is 0 Å². The fourth-order valence-corrected chi connectivity index (χ4v) is 8.77. The number of imidazole rings is 1. The van der Waals surface area contributed by atoms with E-state index in [0.29, 0.717) is 0 Å². The maximum Gasteiger partial charge on any atom is 0.145 e. The second kappa shape index (κ2) is 8.96. The molecule has 47 heavy (non-hydrogen) atoms. The first-order chi connectivity index (χ1) is 23.3. The molecule has 11 rings (SSSR count). The molecule has 2 aliphatic rings. The van der Waals surface area contributed by atoms with Gasteiger partial charge in [0, 0.05) is 22.0 Å². The third kappa shape index (κ3) is 3.04. The molecule has 0 fully saturated rings. The van der Waals surface area contributed by atoms with Crippen molar-refractivity contribution in [3.8, 4) is 33.9 Å². The summed E-state index contributed by atoms with van der Waals surface area (Å²) in [5, 5.41) is 2.46. The van der Waals surface area contributed by atoms with Gasteiger partial charge < -0.3 is 4.57 Å². The second-order valence-electron chi connectivity index (χ2n) is 12.7. The van der Waals surface area contributed by atoms with E-state index in [-0.39, 0.29) is 0 Å². The lowest BCUT2D eigenvalue weighted by Gasteiger charge is -2.39. The normalized spacial score (nSPS) is 13.7. The summed E-state index contributed by atoms with van der Waals surface area (Å²) in [4.78, 5) is 5.43. The number of nitrogens with zero attached hydrogens (tertiary/aromatic N) is 3. The van der Waals surface area contributed by atoms with E-state index < -0.39 is 5.41 Å². The van der Waals surface area contributed by atoms with Crippen LogP contribution in [-0.4, -0.2) is 14.1 Å². The number of benzene rings is 7. The third-order valence-electron chi connectivity index (χ3n) is 10.5. The summed E-state index contributed by atoms with van der Waals surface area (Å²) in [6, 6.07) is 59.8. The molecule has 1 spiro atoms. The SMILES string of the molecule is c1ccc(-n2c3ccccc3c3cc(-c4nc5cccc6c5n4-c4ccccc4C64c5ccccc5-c5ccccc54)ccc32)cc1. The van der Waals surface area contributed by atoms with Gasteiger partial charge in [0.2, 0.25) is 0 Å². The Kier molecular flexibility index (Phi) is 4.78. The van der Waals surface area contributed by atoms with E-state index >= 15 is 0 Å². The average Bonchev–Trinajstić information content (AvgIpc) is 3.79. The molecule has 3 nitrogen and oxygen atoms in total. The second-order valence-corrected chi connectivity index (χ2v) is 12.7. The van der Waals surface area contributed by atoms with Crippen molar-refractivity contribution in [3.63, 3.8) is 0 Å². The highest BCUT2D eigenvalue weighted by Crippen LogP contribution is 2.60. The van der Waals surface area contributed by atoms with Gasteiger partial charge in [0.1, 0.15) is 5.82 Å². The summed E-state index contributed by atoms with van der Waals surface area (Å²) >= 11 is 0. The summed E-state index contributed by atoms with van der Waals surface area (Å²) in [6.45, 7) is 0. The molecule has 0 radical (unpaired) electrons. The van der Waals surface area contributed by atoms with E-state index in [9.17, 15) is 0 Å². The lowest BCUT2D eigenvalue weighted by atomic mass is 9.65. The minimum Gasteiger partial charge on any atom is -0.309 e. The molecule has 0 bridgehead atoms. The minimum atomic E-state index is -0.427. The van der Waals surface area contributed by atoms with Crippen molar-refractivity contribution in [2.75, 3.05) is 0 Å². The average molecular weight is 598 g/mol. The molecule has 0 saturated carbocycles. The van der Waals surface area contributed by atoms with Crippen molar-refractivity contribution in [1.82, 2.24) is 14.1 Å². The summed E-state index contributed by atoms with van der Waals surface area (Å²) < 4.78 is 4.79. The van der Waals surface area contributed by atoms with Gasteiger partial charge in [-0.15, -0.1) is 0 Å². The van der Waals surface area contributed by atoms with Gasteiger partial charge >= 0.3 is 0 Å². The molecule has 1 aliphatic carbocycles. The van der Waals surface area contributed by atoms with Gasteiger partial charge in [-0.1, -0.05) is 115 Å². The zero-order valence-electron chi connectivity index (χ0n) is 25.4. The number of hydrogen-bond donors (Lipinski definition) is 0. The molecular weight excluding hydrogens is 571 g/mol. The Morgan fingerprint density at radius 1 is 0.447 bits per heavy atom. The van der Waals surface area contributed by atoms with Gasteiger partial charge in [-0.25, -0.2) is 4.98 Å². The molecular formula is C44H27N3. The standard InChI is InChI=1S/C44H27N3/c1-2-13-29(14-3-1)46-39-23-10-6-17-32(39)33-27-28(25-26-40(33)46)43-45-38-22-12-21-37-42(38)47(43)41-24-11-9-20-36(41)44(37)34-18-7-4-15-30(34)31-16-5-8-19-35(31)44/h1-27H. The molecule has 0 amide bonds. The van der Waals surface area contributed by atoms with Crippen molar-refractivity contribution in [3.05, 3.63) is 186 Å². The van der Waals surface area contributed by atoms with Gasteiger partial charge in [0.05, 0.1) is 33.2 Å². The molecule has 218 valence electrons. The van der Waals surface area contributed by atoms with Crippen LogP contribution in [0.1, 0.15) is 22.3 Å². The smallest absolute Gasteiger partial charge is 0.145 e. The van der Waals surface area contributed by atoms with Crippen LogP contribution in [0.3, 0.4) is 0 Å². The number of para-hydroxylation sites is 4. The van der Waals surface area contributed by atoms with Crippen LogP contribution in [0.15, 0.2) is 164 Å². The molecule has 0 atom stereocenters. The predicted octanol–water partition coefficient (Wildman–Crippen LogP) is 10.5. The molecule has 0 unspecified atom stereocenters. The predicted molar refractivity (Wildman–Crippen MR) is 192 cm³/mol. The fraction of sp³-hybridized carbons (Fsp3) is 0.0227. The molecule has 0 saturated heterocycles. The van der Waals surface area contributed by atoms with Crippen LogP contribution in [-0.2, 0) is 5.41 Å². The van der Waals surface area contributed by atoms with Crippen molar-refractivity contribution in [1.29, 1.82) is 0 Å². The molecule has 1 aliphatic heterocycles. The van der Waals surface area contributed by atoms with Crippen molar-refractivity contribution in [2.24, 2.45) is 0 Å². The minimum absolute atomic E-state index is 0.427. The maximum atomic E-state index is 5.43. The van der Waals surface area contributed by atoms with Gasteiger partial charge in [0.15, 0.2) is 0 Å². The zero-order chi connectivity index (χ0) is 30.7. The van der Waals surface area contributed by atoms with Crippen LogP contribution in [0, 0.1) is 0 Å². The van der Waals surface area contributed by atoms with E-state index in [2.05, 4.69) is 173 Å². The summed E-state index contributed by atoms with van der Waals surface area (Å²) in [7, 11) is 0. The third-order valence-corrected chi connectivity index (χ3v) is 10.5. The van der Waals surface area contributed by atoms with E-state index in [1.165, 1.54) is 66.4 Å². The Hall–Kier alpha value is -6.19. The molecule has 7 aromatic carbocycles. The van der Waals surface area contributed by atoms with Crippen molar-refractivity contribution < 1.29 is 0 Å². The Labute approximate surface area is 271 Å². The Bertz CT molecular complexity index is 2700. The van der Waals surface area contributed by atoms with Crippen LogP contribution in [0.5, 0.6) is 0 Å². The molecule has 9 aromatic rings. The number of fused-ring (bicyclic) bond motifs is 12. The van der Waals surface area contributed by atoms with Crippen LogP contribution >= 0.6 is 0 Å². The maximum absolute atomic E-state index is 5.43. The number of hydrogen-bond acceptors (Lipinski definition) is 1. The first kappa shape index (κ1) is 25.1. The van der Waals surface area contributed by atoms with E-state index in [4.69, 9.17) is 4.98 Å². The highest BCUT2D eigenvalue weighted by Gasteiger charge is 2.50. The van der Waals surface area contributed by atoms with Crippen LogP contribution in [0.25, 0.3) is 66.7 Å². The summed E-state index contributed by atoms with van der Waals surface area (Å²) in [5.41, 5.74) is 15.5. The van der Waals surface area contributed by atoms with Gasteiger partial charge in [-0.05, 0) is 81.9 Å². The van der Waals surface area contributed by atoms with Crippen molar-refractivity contribution in [2.45, 2.75) is 5.41 Å². The number of aromatic nitrogens is 3. The van der Waals surface area contributed by atoms with Gasteiger partial charge in [-0.3, -0.25) is 4.57 Å².